The van der Waals surface area contributed by atoms with Crippen LogP contribution in [0.1, 0.15) is 148 Å². The van der Waals surface area contributed by atoms with Crippen molar-refractivity contribution in [3.63, 3.8) is 0 Å². The number of hydrogen-bond acceptors (Lipinski definition) is 1. The molecule has 1 rings (SSSR count). The second-order valence-electron chi connectivity index (χ2n) is 9.20. The molecule has 0 aromatic rings. The van der Waals surface area contributed by atoms with Gasteiger partial charge in [0.15, 0.2) is 0 Å². The molecule has 166 valence electrons. The van der Waals surface area contributed by atoms with Gasteiger partial charge in [-0.2, -0.15) is 0 Å². The van der Waals surface area contributed by atoms with Crippen LogP contribution >= 0.6 is 0 Å². The van der Waals surface area contributed by atoms with Crippen LogP contribution in [0.5, 0.6) is 0 Å². The summed E-state index contributed by atoms with van der Waals surface area (Å²) in [5, 5.41) is 0. The van der Waals surface area contributed by atoms with Gasteiger partial charge in [-0.1, -0.05) is 122 Å². The predicted octanol–water partition coefficient (Wildman–Crippen LogP) is 8.43. The number of amides is 1. The highest BCUT2D eigenvalue weighted by Gasteiger charge is 2.16. The first kappa shape index (κ1) is 25.5. The fourth-order valence-electron chi connectivity index (χ4n) is 4.48. The van der Waals surface area contributed by atoms with Gasteiger partial charge in [-0.25, -0.2) is 0 Å². The highest BCUT2D eigenvalue weighted by Crippen LogP contribution is 2.15. The summed E-state index contributed by atoms with van der Waals surface area (Å²) in [7, 11) is 0. The van der Waals surface area contributed by atoms with Crippen LogP contribution in [0.2, 0.25) is 0 Å². The number of nitrogens with zero attached hydrogens (tertiary/aromatic N) is 1. The van der Waals surface area contributed by atoms with E-state index in [2.05, 4.69) is 11.8 Å². The number of carbonyl (C=O) groups is 1. The molecule has 1 aliphatic heterocycles. The Morgan fingerprint density at radius 3 is 1.21 bits per heavy atom. The lowest BCUT2D eigenvalue weighted by atomic mass is 10.0. The quantitative estimate of drug-likeness (QED) is 0.190. The summed E-state index contributed by atoms with van der Waals surface area (Å²) in [6.07, 6.45) is 29.9. The SMILES string of the molecule is CCCCCCCCCCCCCCCCCCCCCC(=O)N1CCCC1. The average molecular weight is 394 g/mol. The molecule has 0 spiro atoms. The summed E-state index contributed by atoms with van der Waals surface area (Å²) < 4.78 is 0. The Bertz CT molecular complexity index is 335. The Labute approximate surface area is 177 Å². The molecule has 0 bridgehead atoms. The molecule has 0 aliphatic carbocycles. The zero-order valence-electron chi connectivity index (χ0n) is 19.3. The van der Waals surface area contributed by atoms with Crippen LogP contribution in [0.15, 0.2) is 0 Å². The molecule has 1 amide bonds. The fraction of sp³-hybridized carbons (Fsp3) is 0.962. The average Bonchev–Trinajstić information content (AvgIpc) is 3.24. The Kier molecular flexibility index (Phi) is 18.0. The number of hydrogen-bond donors (Lipinski definition) is 0. The molecule has 2 nitrogen and oxygen atoms in total. The maximum atomic E-state index is 12.0. The molecule has 0 radical (unpaired) electrons. The van der Waals surface area contributed by atoms with Crippen LogP contribution in [0.25, 0.3) is 0 Å². The topological polar surface area (TPSA) is 20.3 Å². The van der Waals surface area contributed by atoms with Crippen LogP contribution in [0.4, 0.5) is 0 Å². The Morgan fingerprint density at radius 1 is 0.536 bits per heavy atom. The van der Waals surface area contributed by atoms with E-state index in [4.69, 9.17) is 0 Å². The number of unbranched alkanes of at least 4 members (excludes halogenated alkanes) is 18. The third-order valence-corrected chi connectivity index (χ3v) is 6.45. The maximum absolute atomic E-state index is 12.0. The number of rotatable bonds is 20. The molecule has 0 atom stereocenters. The van der Waals surface area contributed by atoms with Crippen molar-refractivity contribution in [1.82, 2.24) is 4.90 Å². The van der Waals surface area contributed by atoms with Crippen molar-refractivity contribution in [2.24, 2.45) is 0 Å². The van der Waals surface area contributed by atoms with Crippen molar-refractivity contribution in [3.05, 3.63) is 0 Å². The highest BCUT2D eigenvalue weighted by atomic mass is 16.2. The molecule has 0 aromatic heterocycles. The number of carbonyl (C=O) groups excluding carboxylic acids is 1. The van der Waals surface area contributed by atoms with E-state index in [9.17, 15) is 4.79 Å². The zero-order chi connectivity index (χ0) is 20.1. The Morgan fingerprint density at radius 2 is 0.857 bits per heavy atom. The fourth-order valence-corrected chi connectivity index (χ4v) is 4.48. The molecule has 1 fully saturated rings. The lowest BCUT2D eigenvalue weighted by Gasteiger charge is -2.14. The summed E-state index contributed by atoms with van der Waals surface area (Å²) in [5.41, 5.74) is 0. The van der Waals surface area contributed by atoms with E-state index < -0.39 is 0 Å². The second kappa shape index (κ2) is 19.8. The van der Waals surface area contributed by atoms with Gasteiger partial charge < -0.3 is 4.90 Å². The minimum absolute atomic E-state index is 0.407. The van der Waals surface area contributed by atoms with Gasteiger partial charge in [-0.05, 0) is 19.3 Å². The Hall–Kier alpha value is -0.530. The predicted molar refractivity (Wildman–Crippen MR) is 124 cm³/mol. The molecule has 1 saturated heterocycles. The first-order chi connectivity index (χ1) is 13.8. The molecule has 2 heteroatoms. The van der Waals surface area contributed by atoms with Crippen molar-refractivity contribution < 1.29 is 4.79 Å². The molecule has 0 N–H and O–H groups in total. The molecular formula is C26H51NO. The Balaban J connectivity index is 1.67. The monoisotopic (exact) mass is 393 g/mol. The summed E-state index contributed by atoms with van der Waals surface area (Å²) in [6.45, 7) is 4.32. The molecular weight excluding hydrogens is 342 g/mol. The van der Waals surface area contributed by atoms with E-state index in [-0.39, 0.29) is 0 Å². The summed E-state index contributed by atoms with van der Waals surface area (Å²) in [6, 6.07) is 0. The molecule has 0 saturated carbocycles. The van der Waals surface area contributed by atoms with E-state index in [0.29, 0.717) is 5.91 Å². The van der Waals surface area contributed by atoms with Crippen LogP contribution in [0, 0.1) is 0 Å². The van der Waals surface area contributed by atoms with Crippen molar-refractivity contribution in [1.29, 1.82) is 0 Å². The summed E-state index contributed by atoms with van der Waals surface area (Å²) in [5.74, 6) is 0.407. The van der Waals surface area contributed by atoms with Gasteiger partial charge in [-0.15, -0.1) is 0 Å². The standard InChI is InChI=1S/C26H51NO/c1-2-3-4-5-6-7-8-9-10-11-12-13-14-15-16-17-18-19-20-23-26(28)27-24-21-22-25-27/h2-25H2,1H3. The third-order valence-electron chi connectivity index (χ3n) is 6.45. The van der Waals surface area contributed by atoms with Gasteiger partial charge in [0, 0.05) is 19.5 Å². The second-order valence-corrected chi connectivity index (χ2v) is 9.20. The van der Waals surface area contributed by atoms with E-state index in [0.717, 1.165) is 25.9 Å². The molecule has 1 aliphatic rings. The van der Waals surface area contributed by atoms with Gasteiger partial charge >= 0.3 is 0 Å². The van der Waals surface area contributed by atoms with Crippen LogP contribution in [-0.2, 0) is 4.79 Å². The lowest BCUT2D eigenvalue weighted by molar-refractivity contribution is -0.130. The minimum Gasteiger partial charge on any atom is -0.343 e. The first-order valence-electron chi connectivity index (χ1n) is 13.1. The number of likely N-dealkylation sites (tertiary alicyclic amines) is 1. The lowest BCUT2D eigenvalue weighted by Crippen LogP contribution is -2.27. The van der Waals surface area contributed by atoms with Crippen molar-refractivity contribution >= 4 is 5.91 Å². The largest absolute Gasteiger partial charge is 0.343 e. The molecule has 28 heavy (non-hydrogen) atoms. The van der Waals surface area contributed by atoms with Crippen molar-refractivity contribution in [2.45, 2.75) is 148 Å². The third kappa shape index (κ3) is 15.4. The minimum atomic E-state index is 0.407. The molecule has 0 unspecified atom stereocenters. The summed E-state index contributed by atoms with van der Waals surface area (Å²) >= 11 is 0. The van der Waals surface area contributed by atoms with Gasteiger partial charge in [0.25, 0.3) is 0 Å². The zero-order valence-corrected chi connectivity index (χ0v) is 19.3. The van der Waals surface area contributed by atoms with E-state index in [1.165, 1.54) is 128 Å². The van der Waals surface area contributed by atoms with Gasteiger partial charge in [0.1, 0.15) is 0 Å². The van der Waals surface area contributed by atoms with Crippen LogP contribution < -0.4 is 0 Å². The van der Waals surface area contributed by atoms with E-state index in [1.807, 2.05) is 0 Å². The van der Waals surface area contributed by atoms with Gasteiger partial charge in [-0.3, -0.25) is 4.79 Å². The summed E-state index contributed by atoms with van der Waals surface area (Å²) in [4.78, 5) is 14.0. The van der Waals surface area contributed by atoms with Crippen molar-refractivity contribution in [2.75, 3.05) is 13.1 Å². The van der Waals surface area contributed by atoms with Gasteiger partial charge in [0.2, 0.25) is 5.91 Å². The van der Waals surface area contributed by atoms with Gasteiger partial charge in [0.05, 0.1) is 0 Å². The molecule has 0 aromatic carbocycles. The van der Waals surface area contributed by atoms with Crippen LogP contribution in [0.3, 0.4) is 0 Å². The van der Waals surface area contributed by atoms with Crippen molar-refractivity contribution in [3.8, 4) is 0 Å². The van der Waals surface area contributed by atoms with E-state index >= 15 is 0 Å². The maximum Gasteiger partial charge on any atom is 0.222 e. The van der Waals surface area contributed by atoms with Crippen LogP contribution in [-0.4, -0.2) is 23.9 Å². The highest BCUT2D eigenvalue weighted by molar-refractivity contribution is 5.76. The molecule has 1 heterocycles. The first-order valence-corrected chi connectivity index (χ1v) is 13.1. The normalized spacial score (nSPS) is 14.1. The smallest absolute Gasteiger partial charge is 0.222 e. The van der Waals surface area contributed by atoms with E-state index in [1.54, 1.807) is 0 Å².